The Morgan fingerprint density at radius 2 is 1.95 bits per heavy atom. The number of rotatable bonds is 3. The standard InChI is InChI=1S/C10H12F3N3O3S/c1-6-2-3-7(20(14,18)19)4-8(6)16-9(17)15-5-10(11,12)13/h2-4H,5H2,1H3,(H2,14,18,19)(H2,15,16,17). The molecule has 10 heteroatoms. The molecular formula is C10H12F3N3O3S. The molecule has 0 atom stereocenters. The fraction of sp³-hybridized carbons (Fsp3) is 0.300. The number of benzene rings is 1. The Hall–Kier alpha value is -1.81. The third-order valence-corrected chi connectivity index (χ3v) is 3.15. The van der Waals surface area contributed by atoms with Crippen molar-refractivity contribution >= 4 is 21.7 Å². The van der Waals surface area contributed by atoms with Crippen molar-refractivity contribution in [2.24, 2.45) is 5.14 Å². The predicted molar refractivity (Wildman–Crippen MR) is 65.6 cm³/mol. The second-order valence-electron chi connectivity index (χ2n) is 3.94. The number of hydrogen-bond donors (Lipinski definition) is 3. The Morgan fingerprint density at radius 1 is 1.35 bits per heavy atom. The highest BCUT2D eigenvalue weighted by molar-refractivity contribution is 7.89. The summed E-state index contributed by atoms with van der Waals surface area (Å²) in [5.74, 6) is 0. The largest absolute Gasteiger partial charge is 0.405 e. The van der Waals surface area contributed by atoms with E-state index in [0.29, 0.717) is 5.56 Å². The zero-order valence-corrected chi connectivity index (χ0v) is 11.1. The second-order valence-corrected chi connectivity index (χ2v) is 5.51. The summed E-state index contributed by atoms with van der Waals surface area (Å²) in [7, 11) is -3.97. The maximum atomic E-state index is 11.9. The van der Waals surface area contributed by atoms with Gasteiger partial charge in [0.1, 0.15) is 6.54 Å². The number of primary sulfonamides is 1. The van der Waals surface area contributed by atoms with Gasteiger partial charge in [-0.05, 0) is 24.6 Å². The lowest BCUT2D eigenvalue weighted by Crippen LogP contribution is -2.36. The Morgan fingerprint density at radius 3 is 2.45 bits per heavy atom. The number of alkyl halides is 3. The van der Waals surface area contributed by atoms with Crippen molar-refractivity contribution in [3.63, 3.8) is 0 Å². The molecule has 6 nitrogen and oxygen atoms in total. The molecule has 0 unspecified atom stereocenters. The van der Waals surface area contributed by atoms with Crippen LogP contribution in [0.3, 0.4) is 0 Å². The minimum atomic E-state index is -4.53. The van der Waals surface area contributed by atoms with Crippen LogP contribution in [0.5, 0.6) is 0 Å². The molecule has 112 valence electrons. The average Bonchev–Trinajstić information content (AvgIpc) is 2.27. The van der Waals surface area contributed by atoms with Gasteiger partial charge in [-0.25, -0.2) is 18.4 Å². The van der Waals surface area contributed by atoms with Gasteiger partial charge in [-0.3, -0.25) is 0 Å². The summed E-state index contributed by atoms with van der Waals surface area (Å²) < 4.78 is 58.0. The highest BCUT2D eigenvalue weighted by atomic mass is 32.2. The maximum absolute atomic E-state index is 11.9. The van der Waals surface area contributed by atoms with E-state index in [0.717, 1.165) is 6.07 Å². The number of nitrogens with one attached hydrogen (secondary N) is 2. The van der Waals surface area contributed by atoms with Gasteiger partial charge in [0.25, 0.3) is 0 Å². The molecule has 0 aliphatic rings. The van der Waals surface area contributed by atoms with Gasteiger partial charge in [0.15, 0.2) is 0 Å². The SMILES string of the molecule is Cc1ccc(S(N)(=O)=O)cc1NC(=O)NCC(F)(F)F. The van der Waals surface area contributed by atoms with Crippen LogP contribution < -0.4 is 15.8 Å². The second kappa shape index (κ2) is 5.67. The fourth-order valence-corrected chi connectivity index (χ4v) is 1.80. The van der Waals surface area contributed by atoms with Crippen molar-refractivity contribution in [1.82, 2.24) is 5.32 Å². The molecule has 0 aromatic heterocycles. The Labute approximate surface area is 113 Å². The number of halogens is 3. The maximum Gasteiger partial charge on any atom is 0.405 e. The van der Waals surface area contributed by atoms with Gasteiger partial charge in [-0.15, -0.1) is 0 Å². The van der Waals surface area contributed by atoms with E-state index in [9.17, 15) is 26.4 Å². The zero-order chi connectivity index (χ0) is 15.6. The topological polar surface area (TPSA) is 101 Å². The van der Waals surface area contributed by atoms with Gasteiger partial charge in [0.2, 0.25) is 10.0 Å². The average molecular weight is 311 g/mol. The van der Waals surface area contributed by atoms with Crippen molar-refractivity contribution < 1.29 is 26.4 Å². The summed E-state index contributed by atoms with van der Waals surface area (Å²) in [5, 5.41) is 8.64. The first-order chi connectivity index (χ1) is 8.99. The van der Waals surface area contributed by atoms with Crippen LogP contribution in [0.15, 0.2) is 23.1 Å². The molecular weight excluding hydrogens is 299 g/mol. The number of nitrogens with two attached hydrogens (primary N) is 1. The minimum Gasteiger partial charge on any atom is -0.329 e. The van der Waals surface area contributed by atoms with E-state index in [1.165, 1.54) is 12.1 Å². The number of carbonyl (C=O) groups is 1. The Kier molecular flexibility index (Phi) is 4.61. The van der Waals surface area contributed by atoms with Crippen LogP contribution in [0, 0.1) is 6.92 Å². The molecule has 20 heavy (non-hydrogen) atoms. The van der Waals surface area contributed by atoms with E-state index in [-0.39, 0.29) is 10.6 Å². The summed E-state index contributed by atoms with van der Waals surface area (Å²) in [5.41, 5.74) is 0.524. The fourth-order valence-electron chi connectivity index (χ4n) is 1.26. The van der Waals surface area contributed by atoms with Crippen LogP contribution in [-0.2, 0) is 10.0 Å². The van der Waals surface area contributed by atoms with Crippen LogP contribution in [0.25, 0.3) is 0 Å². The minimum absolute atomic E-state index is 0.0520. The molecule has 0 saturated heterocycles. The van der Waals surface area contributed by atoms with E-state index in [4.69, 9.17) is 5.14 Å². The quantitative estimate of drug-likeness (QED) is 0.784. The third-order valence-electron chi connectivity index (χ3n) is 2.24. The van der Waals surface area contributed by atoms with Gasteiger partial charge in [0, 0.05) is 5.69 Å². The predicted octanol–water partition coefficient (Wildman–Crippen LogP) is 1.33. The zero-order valence-electron chi connectivity index (χ0n) is 10.3. The number of urea groups is 1. The van der Waals surface area contributed by atoms with E-state index in [1.807, 2.05) is 0 Å². The highest BCUT2D eigenvalue weighted by Crippen LogP contribution is 2.19. The van der Waals surface area contributed by atoms with E-state index >= 15 is 0 Å². The van der Waals surface area contributed by atoms with Gasteiger partial charge >= 0.3 is 12.2 Å². The molecule has 0 aliphatic carbocycles. The highest BCUT2D eigenvalue weighted by Gasteiger charge is 2.27. The molecule has 0 spiro atoms. The summed E-state index contributed by atoms with van der Waals surface area (Å²) in [6.45, 7) is 0.0546. The number of aryl methyl sites for hydroxylation is 1. The molecule has 0 radical (unpaired) electrons. The molecule has 1 aromatic carbocycles. The smallest absolute Gasteiger partial charge is 0.329 e. The van der Waals surface area contributed by atoms with Crippen molar-refractivity contribution in [1.29, 1.82) is 0 Å². The normalized spacial score (nSPS) is 12.1. The Bertz CT molecular complexity index is 614. The molecule has 1 aromatic rings. The van der Waals surface area contributed by atoms with Gasteiger partial charge < -0.3 is 10.6 Å². The van der Waals surface area contributed by atoms with Crippen molar-refractivity contribution in [3.05, 3.63) is 23.8 Å². The van der Waals surface area contributed by atoms with Crippen molar-refractivity contribution in [2.75, 3.05) is 11.9 Å². The van der Waals surface area contributed by atoms with Gasteiger partial charge in [-0.1, -0.05) is 6.07 Å². The molecule has 0 aliphatic heterocycles. The van der Waals surface area contributed by atoms with Crippen LogP contribution in [-0.4, -0.2) is 27.2 Å². The number of hydrogen-bond acceptors (Lipinski definition) is 3. The number of carbonyl (C=O) groups excluding carboxylic acids is 1. The first kappa shape index (κ1) is 16.2. The van der Waals surface area contributed by atoms with E-state index in [1.54, 1.807) is 12.2 Å². The summed E-state index contributed by atoms with van der Waals surface area (Å²) in [6.07, 6.45) is -4.53. The number of anilines is 1. The van der Waals surface area contributed by atoms with Crippen LogP contribution >= 0.6 is 0 Å². The van der Waals surface area contributed by atoms with Crippen molar-refractivity contribution in [3.8, 4) is 0 Å². The monoisotopic (exact) mass is 311 g/mol. The molecule has 0 heterocycles. The lowest BCUT2D eigenvalue weighted by molar-refractivity contribution is -0.122. The van der Waals surface area contributed by atoms with E-state index in [2.05, 4.69) is 5.32 Å². The van der Waals surface area contributed by atoms with Crippen molar-refractivity contribution in [2.45, 2.75) is 18.0 Å². The molecule has 1 rings (SSSR count). The molecule has 0 fully saturated rings. The van der Waals surface area contributed by atoms with Gasteiger partial charge in [-0.2, -0.15) is 13.2 Å². The van der Waals surface area contributed by atoms with E-state index < -0.39 is 28.8 Å². The molecule has 0 saturated carbocycles. The van der Waals surface area contributed by atoms with Crippen LogP contribution in [0.2, 0.25) is 0 Å². The Balaban J connectivity index is 2.85. The molecule has 4 N–H and O–H groups in total. The molecule has 2 amide bonds. The number of sulfonamides is 1. The summed E-state index contributed by atoms with van der Waals surface area (Å²) in [4.78, 5) is 11.0. The first-order valence-electron chi connectivity index (χ1n) is 5.24. The van der Waals surface area contributed by atoms with Crippen LogP contribution in [0.4, 0.5) is 23.7 Å². The van der Waals surface area contributed by atoms with Crippen LogP contribution in [0.1, 0.15) is 5.56 Å². The lowest BCUT2D eigenvalue weighted by Gasteiger charge is -2.12. The summed E-state index contributed by atoms with van der Waals surface area (Å²) >= 11 is 0. The van der Waals surface area contributed by atoms with Gasteiger partial charge in [0.05, 0.1) is 4.90 Å². The number of amides is 2. The lowest BCUT2D eigenvalue weighted by atomic mass is 10.2. The first-order valence-corrected chi connectivity index (χ1v) is 6.79. The molecule has 0 bridgehead atoms. The third kappa shape index (κ3) is 5.05. The summed E-state index contributed by atoms with van der Waals surface area (Å²) in [6, 6.07) is 2.57.